The number of ether oxygens (including phenoxy) is 2. The van der Waals surface area contributed by atoms with Crippen molar-refractivity contribution >= 4 is 23.4 Å². The molecule has 246 valence electrons. The number of hydrogen-bond donors (Lipinski definition) is 1. The molecule has 2 unspecified atom stereocenters. The van der Waals surface area contributed by atoms with Gasteiger partial charge in [-0.1, -0.05) is 45.3 Å². The number of aliphatic hydroxyl groups excluding tert-OH is 1. The largest absolute Gasteiger partial charge is 0.494 e. The third kappa shape index (κ3) is 6.06. The smallest absolute Gasteiger partial charge is 0.248 e. The number of carbonyl (C=O) groups excluding carboxylic acids is 3. The van der Waals surface area contributed by atoms with Crippen LogP contribution in [0.15, 0.2) is 49.6 Å². The Hall–Kier alpha value is -3.17. The minimum absolute atomic E-state index is 0.0631. The number of rotatable bonds is 14. The minimum atomic E-state index is -1.13. The predicted octanol–water partition coefficient (Wildman–Crippen LogP) is 4.73. The maximum atomic E-state index is 14.8. The molecular weight excluding hydrogens is 570 g/mol. The van der Waals surface area contributed by atoms with Crippen LogP contribution < -0.4 is 9.64 Å². The highest BCUT2D eigenvalue weighted by atomic mass is 16.5. The van der Waals surface area contributed by atoms with Crippen molar-refractivity contribution < 1.29 is 29.0 Å². The van der Waals surface area contributed by atoms with Crippen LogP contribution in [0.25, 0.3) is 0 Å². The lowest BCUT2D eigenvalue weighted by atomic mass is 9.70. The Balaban J connectivity index is 1.55. The highest BCUT2D eigenvalue weighted by Gasteiger charge is 2.75. The van der Waals surface area contributed by atoms with Crippen LogP contribution in [-0.4, -0.2) is 88.8 Å². The second-order valence-electron chi connectivity index (χ2n) is 13.5. The molecule has 1 spiro atoms. The van der Waals surface area contributed by atoms with E-state index in [1.807, 2.05) is 49.9 Å². The Kier molecular flexibility index (Phi) is 10.4. The first-order chi connectivity index (χ1) is 21.7. The van der Waals surface area contributed by atoms with Gasteiger partial charge in [-0.25, -0.2) is 0 Å². The molecule has 5 rings (SSSR count). The SMILES string of the molecule is C=CCN(C(=O)[C@@H]1[C@H]2C(=O)N([C@@H](CO)CC(C)C)C(C(=O)N(CC=C)C3CCCCC3)C23CC[C@H]1O3)c1ccc(OCC)cc1. The highest BCUT2D eigenvalue weighted by molar-refractivity contribution is 6.03. The van der Waals surface area contributed by atoms with Gasteiger partial charge in [-0.3, -0.25) is 14.4 Å². The van der Waals surface area contributed by atoms with Gasteiger partial charge in [0.1, 0.15) is 17.4 Å². The molecular formula is C36H51N3O6. The summed E-state index contributed by atoms with van der Waals surface area (Å²) < 4.78 is 12.4. The second-order valence-corrected chi connectivity index (χ2v) is 13.5. The van der Waals surface area contributed by atoms with Gasteiger partial charge in [-0.05, 0) is 69.2 Å². The monoisotopic (exact) mass is 621 g/mol. The quantitative estimate of drug-likeness (QED) is 0.302. The van der Waals surface area contributed by atoms with Crippen molar-refractivity contribution in [1.29, 1.82) is 0 Å². The van der Waals surface area contributed by atoms with Gasteiger partial charge in [0.25, 0.3) is 0 Å². The zero-order valence-electron chi connectivity index (χ0n) is 27.2. The molecule has 2 bridgehead atoms. The van der Waals surface area contributed by atoms with Crippen molar-refractivity contribution in [2.75, 3.05) is 31.2 Å². The fourth-order valence-corrected chi connectivity index (χ4v) is 8.49. The number of amides is 3. The lowest BCUT2D eigenvalue weighted by Gasteiger charge is -2.42. The van der Waals surface area contributed by atoms with Crippen LogP contribution in [0.1, 0.15) is 72.1 Å². The van der Waals surface area contributed by atoms with E-state index >= 15 is 0 Å². The number of benzene rings is 1. The normalized spacial score (nSPS) is 28.2. The molecule has 4 aliphatic rings. The Morgan fingerprint density at radius 1 is 1.09 bits per heavy atom. The van der Waals surface area contributed by atoms with Gasteiger partial charge >= 0.3 is 0 Å². The Morgan fingerprint density at radius 2 is 1.78 bits per heavy atom. The average Bonchev–Trinajstić information content (AvgIpc) is 3.69. The van der Waals surface area contributed by atoms with E-state index in [4.69, 9.17) is 9.47 Å². The van der Waals surface area contributed by atoms with Crippen molar-refractivity contribution in [3.63, 3.8) is 0 Å². The summed E-state index contributed by atoms with van der Waals surface area (Å²) in [5, 5.41) is 10.6. The third-order valence-corrected chi connectivity index (χ3v) is 10.3. The maximum Gasteiger partial charge on any atom is 0.248 e. The standard InChI is InChI=1S/C36H51N3O6/c1-6-20-37(26-14-16-28(17-15-26)44-8-3)33(41)30-29-18-19-36(45-29)31(30)34(42)39(27(23-40)22-24(4)5)32(36)35(43)38(21-7-2)25-12-10-9-11-13-25/h6-7,14-17,24-25,27,29-32,40H,1-2,8-13,18-23H2,3-5H3/t27-,29-,30+,31+,32?,36?/m1/s1. The van der Waals surface area contributed by atoms with Crippen LogP contribution in [0, 0.1) is 17.8 Å². The molecule has 1 aliphatic carbocycles. The molecule has 1 N–H and O–H groups in total. The van der Waals surface area contributed by atoms with E-state index in [2.05, 4.69) is 13.2 Å². The summed E-state index contributed by atoms with van der Waals surface area (Å²) in [4.78, 5) is 49.3. The minimum Gasteiger partial charge on any atom is -0.494 e. The van der Waals surface area contributed by atoms with Gasteiger partial charge in [-0.15, -0.1) is 13.2 Å². The summed E-state index contributed by atoms with van der Waals surface area (Å²) in [6, 6.07) is 5.93. The molecule has 3 heterocycles. The average molecular weight is 622 g/mol. The number of nitrogens with zero attached hydrogens (tertiary/aromatic N) is 3. The molecule has 6 atom stereocenters. The fourth-order valence-electron chi connectivity index (χ4n) is 8.49. The molecule has 0 radical (unpaired) electrons. The predicted molar refractivity (Wildman–Crippen MR) is 174 cm³/mol. The third-order valence-electron chi connectivity index (χ3n) is 10.3. The molecule has 9 heteroatoms. The number of hydrogen-bond acceptors (Lipinski definition) is 6. The summed E-state index contributed by atoms with van der Waals surface area (Å²) in [7, 11) is 0. The van der Waals surface area contributed by atoms with E-state index < -0.39 is 35.6 Å². The van der Waals surface area contributed by atoms with Crippen molar-refractivity contribution in [3.8, 4) is 5.75 Å². The Bertz CT molecular complexity index is 1240. The number of fused-ring (bicyclic) bond motifs is 1. The van der Waals surface area contributed by atoms with Gasteiger partial charge in [0.15, 0.2) is 0 Å². The van der Waals surface area contributed by atoms with Gasteiger partial charge in [-0.2, -0.15) is 0 Å². The molecule has 0 aromatic heterocycles. The molecule has 9 nitrogen and oxygen atoms in total. The fraction of sp³-hybridized carbons (Fsp3) is 0.639. The van der Waals surface area contributed by atoms with Crippen LogP contribution in [-0.2, 0) is 19.1 Å². The van der Waals surface area contributed by atoms with Crippen molar-refractivity contribution in [1.82, 2.24) is 9.80 Å². The van der Waals surface area contributed by atoms with Crippen LogP contribution >= 0.6 is 0 Å². The molecule has 1 aromatic carbocycles. The molecule has 1 aromatic rings. The van der Waals surface area contributed by atoms with E-state index in [0.717, 1.165) is 32.1 Å². The second kappa shape index (κ2) is 14.1. The zero-order valence-corrected chi connectivity index (χ0v) is 27.2. The topological polar surface area (TPSA) is 99.6 Å². The van der Waals surface area contributed by atoms with E-state index in [-0.39, 0.29) is 42.8 Å². The summed E-state index contributed by atoms with van der Waals surface area (Å²) in [6.07, 6.45) is 9.68. The van der Waals surface area contributed by atoms with Gasteiger partial charge in [0.05, 0.1) is 37.2 Å². The van der Waals surface area contributed by atoms with Crippen molar-refractivity contribution in [3.05, 3.63) is 49.6 Å². The Labute approximate surface area is 268 Å². The van der Waals surface area contributed by atoms with Gasteiger partial charge in [0.2, 0.25) is 17.7 Å². The summed E-state index contributed by atoms with van der Waals surface area (Å²) in [6.45, 7) is 14.8. The van der Waals surface area contributed by atoms with Crippen LogP contribution in [0.3, 0.4) is 0 Å². The molecule has 4 fully saturated rings. The lowest BCUT2D eigenvalue weighted by molar-refractivity contribution is -0.153. The van der Waals surface area contributed by atoms with E-state index in [1.165, 1.54) is 0 Å². The van der Waals surface area contributed by atoms with E-state index in [1.54, 1.807) is 22.0 Å². The number of anilines is 1. The number of likely N-dealkylation sites (tertiary alicyclic amines) is 1. The molecule has 3 aliphatic heterocycles. The molecule has 45 heavy (non-hydrogen) atoms. The van der Waals surface area contributed by atoms with Gasteiger partial charge in [0, 0.05) is 24.8 Å². The molecule has 1 saturated carbocycles. The molecule has 3 amide bonds. The van der Waals surface area contributed by atoms with Crippen LogP contribution in [0.4, 0.5) is 5.69 Å². The van der Waals surface area contributed by atoms with Crippen molar-refractivity contribution in [2.45, 2.75) is 102 Å². The lowest BCUT2D eigenvalue weighted by Crippen LogP contribution is -2.60. The van der Waals surface area contributed by atoms with Crippen molar-refractivity contribution in [2.24, 2.45) is 17.8 Å². The number of aliphatic hydroxyl groups is 1. The highest BCUT2D eigenvalue weighted by Crippen LogP contribution is 2.59. The summed E-state index contributed by atoms with van der Waals surface area (Å²) >= 11 is 0. The first kappa shape index (κ1) is 33.2. The first-order valence-electron chi connectivity index (χ1n) is 16.9. The van der Waals surface area contributed by atoms with Gasteiger partial charge < -0.3 is 29.3 Å². The zero-order chi connectivity index (χ0) is 32.3. The summed E-state index contributed by atoms with van der Waals surface area (Å²) in [5.41, 5.74) is -0.450. The van der Waals surface area contributed by atoms with Crippen LogP contribution in [0.5, 0.6) is 5.75 Å². The van der Waals surface area contributed by atoms with E-state index in [0.29, 0.717) is 43.9 Å². The summed E-state index contributed by atoms with van der Waals surface area (Å²) in [5.74, 6) is -1.30. The first-order valence-corrected chi connectivity index (χ1v) is 16.9. The van der Waals surface area contributed by atoms with E-state index in [9.17, 15) is 19.5 Å². The maximum absolute atomic E-state index is 14.8. The Morgan fingerprint density at radius 3 is 2.38 bits per heavy atom. The number of carbonyl (C=O) groups is 3. The van der Waals surface area contributed by atoms with Crippen LogP contribution in [0.2, 0.25) is 0 Å². The molecule has 3 saturated heterocycles.